The lowest BCUT2D eigenvalue weighted by molar-refractivity contribution is 0.317. The maximum atomic E-state index is 5.89. The largest absolute Gasteiger partial charge is 0.494 e. The van der Waals surface area contributed by atoms with Gasteiger partial charge in [-0.25, -0.2) is 0 Å². The molecule has 0 amide bonds. The summed E-state index contributed by atoms with van der Waals surface area (Å²) in [5, 5.41) is 4.29. The van der Waals surface area contributed by atoms with Gasteiger partial charge in [0.1, 0.15) is 5.75 Å². The number of hydrogen-bond acceptors (Lipinski definition) is 2. The Kier molecular flexibility index (Phi) is 6.09. The van der Waals surface area contributed by atoms with Crippen molar-refractivity contribution in [1.29, 1.82) is 0 Å². The molecular weight excluding hydrogens is 282 g/mol. The fourth-order valence-electron chi connectivity index (χ4n) is 2.06. The summed E-state index contributed by atoms with van der Waals surface area (Å²) in [6.45, 7) is 5.87. The van der Waals surface area contributed by atoms with E-state index in [1.54, 1.807) is 0 Å². The van der Waals surface area contributed by atoms with Crippen molar-refractivity contribution in [2.45, 2.75) is 32.9 Å². The Balaban J connectivity index is 1.87. The second kappa shape index (κ2) is 8.06. The van der Waals surface area contributed by atoms with Gasteiger partial charge in [-0.1, -0.05) is 42.8 Å². The van der Waals surface area contributed by atoms with E-state index < -0.39 is 0 Å². The molecule has 3 heteroatoms. The van der Waals surface area contributed by atoms with Crippen LogP contribution in [0, 0.1) is 0 Å². The van der Waals surface area contributed by atoms with Gasteiger partial charge >= 0.3 is 0 Å². The van der Waals surface area contributed by atoms with E-state index in [-0.39, 0.29) is 0 Å². The predicted octanol–water partition coefficient (Wildman–Crippen LogP) is 4.98. The van der Waals surface area contributed by atoms with Gasteiger partial charge < -0.3 is 10.1 Å². The Labute approximate surface area is 132 Å². The smallest absolute Gasteiger partial charge is 0.119 e. The van der Waals surface area contributed by atoms with E-state index in [0.717, 1.165) is 30.3 Å². The number of benzene rings is 2. The summed E-state index contributed by atoms with van der Waals surface area (Å²) in [5.41, 5.74) is 2.49. The first-order valence-electron chi connectivity index (χ1n) is 7.39. The van der Waals surface area contributed by atoms with Crippen molar-refractivity contribution in [3.63, 3.8) is 0 Å². The highest BCUT2D eigenvalue weighted by Gasteiger charge is 2.05. The summed E-state index contributed by atoms with van der Waals surface area (Å²) in [5.74, 6) is 0.936. The van der Waals surface area contributed by atoms with Crippen LogP contribution in [0.15, 0.2) is 48.5 Å². The molecule has 2 aromatic rings. The van der Waals surface area contributed by atoms with Crippen LogP contribution in [-0.2, 0) is 6.54 Å². The van der Waals surface area contributed by atoms with E-state index in [9.17, 15) is 0 Å². The van der Waals surface area contributed by atoms with Gasteiger partial charge in [0, 0.05) is 17.6 Å². The molecule has 0 saturated heterocycles. The highest BCUT2D eigenvalue weighted by molar-refractivity contribution is 6.30. The topological polar surface area (TPSA) is 21.3 Å². The van der Waals surface area contributed by atoms with Gasteiger partial charge in [-0.2, -0.15) is 0 Å². The fourth-order valence-corrected chi connectivity index (χ4v) is 2.19. The summed E-state index contributed by atoms with van der Waals surface area (Å²) < 4.78 is 5.60. The van der Waals surface area contributed by atoms with E-state index in [2.05, 4.69) is 31.3 Å². The van der Waals surface area contributed by atoms with Crippen LogP contribution < -0.4 is 10.1 Å². The van der Waals surface area contributed by atoms with E-state index in [1.807, 2.05) is 36.4 Å². The molecule has 0 spiro atoms. The van der Waals surface area contributed by atoms with Gasteiger partial charge in [0.2, 0.25) is 0 Å². The van der Waals surface area contributed by atoms with Gasteiger partial charge in [-0.05, 0) is 48.7 Å². The molecular formula is C18H22ClNO. The minimum Gasteiger partial charge on any atom is -0.494 e. The van der Waals surface area contributed by atoms with Crippen molar-refractivity contribution in [3.8, 4) is 5.75 Å². The zero-order chi connectivity index (χ0) is 15.1. The standard InChI is InChI=1S/C18H22ClNO/c1-3-12-21-18-10-6-16(7-11-18)14(2)20-13-15-4-8-17(19)9-5-15/h4-11,14,20H,3,12-13H2,1-2H3. The Morgan fingerprint density at radius 1 is 1.05 bits per heavy atom. The lowest BCUT2D eigenvalue weighted by atomic mass is 10.1. The fraction of sp³-hybridized carbons (Fsp3) is 0.333. The quantitative estimate of drug-likeness (QED) is 0.779. The van der Waals surface area contributed by atoms with Crippen LogP contribution in [0.4, 0.5) is 0 Å². The number of halogens is 1. The Bertz CT molecular complexity index is 536. The van der Waals surface area contributed by atoms with Crippen LogP contribution in [-0.4, -0.2) is 6.61 Å². The second-order valence-electron chi connectivity index (χ2n) is 5.15. The second-order valence-corrected chi connectivity index (χ2v) is 5.58. The molecule has 2 aromatic carbocycles. The molecule has 21 heavy (non-hydrogen) atoms. The van der Waals surface area contributed by atoms with Crippen LogP contribution in [0.3, 0.4) is 0 Å². The van der Waals surface area contributed by atoms with E-state index in [4.69, 9.17) is 16.3 Å². The molecule has 0 bridgehead atoms. The average Bonchev–Trinajstić information content (AvgIpc) is 2.52. The molecule has 1 atom stereocenters. The summed E-state index contributed by atoms with van der Waals surface area (Å²) in [6.07, 6.45) is 1.03. The molecule has 1 N–H and O–H groups in total. The SMILES string of the molecule is CCCOc1ccc(C(C)NCc2ccc(Cl)cc2)cc1. The highest BCUT2D eigenvalue weighted by Crippen LogP contribution is 2.18. The minimum atomic E-state index is 0.293. The monoisotopic (exact) mass is 303 g/mol. The molecule has 0 radical (unpaired) electrons. The molecule has 0 heterocycles. The zero-order valence-corrected chi connectivity index (χ0v) is 13.4. The van der Waals surface area contributed by atoms with Crippen molar-refractivity contribution < 1.29 is 4.74 Å². The first-order chi connectivity index (χ1) is 10.2. The number of ether oxygens (including phenoxy) is 1. The van der Waals surface area contributed by atoms with Crippen molar-refractivity contribution in [2.24, 2.45) is 0 Å². The van der Waals surface area contributed by atoms with Crippen LogP contribution >= 0.6 is 11.6 Å². The molecule has 0 aliphatic heterocycles. The van der Waals surface area contributed by atoms with Gasteiger partial charge in [0.15, 0.2) is 0 Å². The molecule has 2 nitrogen and oxygen atoms in total. The highest BCUT2D eigenvalue weighted by atomic mass is 35.5. The third-order valence-corrected chi connectivity index (χ3v) is 3.63. The van der Waals surface area contributed by atoms with Crippen LogP contribution in [0.5, 0.6) is 5.75 Å². The van der Waals surface area contributed by atoms with Gasteiger partial charge in [-0.3, -0.25) is 0 Å². The molecule has 0 saturated carbocycles. The molecule has 0 aliphatic rings. The van der Waals surface area contributed by atoms with Crippen LogP contribution in [0.2, 0.25) is 5.02 Å². The molecule has 112 valence electrons. The minimum absolute atomic E-state index is 0.293. The lowest BCUT2D eigenvalue weighted by Crippen LogP contribution is -2.17. The summed E-state index contributed by atoms with van der Waals surface area (Å²) in [4.78, 5) is 0. The van der Waals surface area contributed by atoms with Crippen LogP contribution in [0.1, 0.15) is 37.4 Å². The number of hydrogen-bond donors (Lipinski definition) is 1. The third kappa shape index (κ3) is 5.07. The van der Waals surface area contributed by atoms with Gasteiger partial charge in [0.05, 0.1) is 6.61 Å². The van der Waals surface area contributed by atoms with E-state index in [1.165, 1.54) is 11.1 Å². The summed E-state index contributed by atoms with van der Waals surface area (Å²) in [7, 11) is 0. The van der Waals surface area contributed by atoms with Crippen LogP contribution in [0.25, 0.3) is 0 Å². The zero-order valence-electron chi connectivity index (χ0n) is 12.6. The summed E-state index contributed by atoms with van der Waals surface area (Å²) in [6, 6.07) is 16.5. The maximum Gasteiger partial charge on any atom is 0.119 e. The molecule has 0 aromatic heterocycles. The predicted molar refractivity (Wildman–Crippen MR) is 88.9 cm³/mol. The first-order valence-corrected chi connectivity index (χ1v) is 7.77. The van der Waals surface area contributed by atoms with Gasteiger partial charge in [-0.15, -0.1) is 0 Å². The molecule has 2 rings (SSSR count). The average molecular weight is 304 g/mol. The van der Waals surface area contributed by atoms with E-state index >= 15 is 0 Å². The first kappa shape index (κ1) is 15.9. The Hall–Kier alpha value is -1.51. The molecule has 1 unspecified atom stereocenters. The van der Waals surface area contributed by atoms with Gasteiger partial charge in [0.25, 0.3) is 0 Å². The normalized spacial score (nSPS) is 12.1. The Morgan fingerprint density at radius 2 is 1.71 bits per heavy atom. The summed E-state index contributed by atoms with van der Waals surface area (Å²) >= 11 is 5.89. The molecule has 0 aliphatic carbocycles. The van der Waals surface area contributed by atoms with Crippen molar-refractivity contribution in [2.75, 3.05) is 6.61 Å². The Morgan fingerprint density at radius 3 is 2.33 bits per heavy atom. The van der Waals surface area contributed by atoms with Crippen molar-refractivity contribution in [3.05, 3.63) is 64.7 Å². The van der Waals surface area contributed by atoms with E-state index in [0.29, 0.717) is 6.04 Å². The molecule has 0 fully saturated rings. The number of nitrogens with one attached hydrogen (secondary N) is 1. The van der Waals surface area contributed by atoms with Crippen molar-refractivity contribution >= 4 is 11.6 Å². The van der Waals surface area contributed by atoms with Crippen molar-refractivity contribution in [1.82, 2.24) is 5.32 Å². The lowest BCUT2D eigenvalue weighted by Gasteiger charge is -2.15. The third-order valence-electron chi connectivity index (χ3n) is 3.38. The maximum absolute atomic E-state index is 5.89. The number of rotatable bonds is 7.